The molecule has 1 heterocycles. The van der Waals surface area contributed by atoms with Crippen LogP contribution in [0.1, 0.15) is 62.7 Å². The fourth-order valence-corrected chi connectivity index (χ4v) is 5.00. The molecular weight excluding hydrogens is 340 g/mol. The van der Waals surface area contributed by atoms with Gasteiger partial charge in [0.25, 0.3) is 5.91 Å². The molecule has 1 aromatic heterocycles. The number of allylic oxidation sites excluding steroid dienone is 2. The third kappa shape index (κ3) is 4.28. The maximum absolute atomic E-state index is 12.7. The number of carboxylic acids is 1. The highest BCUT2D eigenvalue weighted by Crippen LogP contribution is 2.61. The zero-order valence-electron chi connectivity index (χ0n) is 16.6. The van der Waals surface area contributed by atoms with Gasteiger partial charge in [0, 0.05) is 31.9 Å². The molecule has 148 valence electrons. The minimum atomic E-state index is -0.735. The number of aryl methyl sites for hydroxylation is 1. The first-order chi connectivity index (χ1) is 12.8. The van der Waals surface area contributed by atoms with Gasteiger partial charge < -0.3 is 15.0 Å². The molecule has 4 rings (SSSR count). The van der Waals surface area contributed by atoms with Gasteiger partial charge in [0.1, 0.15) is 0 Å². The highest BCUT2D eigenvalue weighted by Gasteiger charge is 2.57. The Morgan fingerprint density at radius 2 is 2.11 bits per heavy atom. The summed E-state index contributed by atoms with van der Waals surface area (Å²) in [4.78, 5) is 23.3. The topological polar surface area (TPSA) is 71.3 Å². The van der Waals surface area contributed by atoms with Crippen molar-refractivity contribution in [1.82, 2.24) is 9.88 Å². The fraction of sp³-hybridized carbons (Fsp3) is 0.636. The molecule has 2 N–H and O–H groups in total. The lowest BCUT2D eigenvalue weighted by Crippen LogP contribution is -2.63. The Balaban J connectivity index is 1.61. The van der Waals surface area contributed by atoms with Gasteiger partial charge in [0.2, 0.25) is 0 Å². The summed E-state index contributed by atoms with van der Waals surface area (Å²) in [6, 6.07) is 2.07. The van der Waals surface area contributed by atoms with E-state index in [4.69, 9.17) is 5.11 Å². The van der Waals surface area contributed by atoms with E-state index in [0.29, 0.717) is 23.7 Å². The van der Waals surface area contributed by atoms with E-state index in [9.17, 15) is 9.59 Å². The van der Waals surface area contributed by atoms with E-state index in [-0.39, 0.29) is 18.4 Å². The highest BCUT2D eigenvalue weighted by molar-refractivity contribution is 5.94. The number of rotatable bonds is 8. The van der Waals surface area contributed by atoms with Crippen LogP contribution in [0.15, 0.2) is 30.6 Å². The van der Waals surface area contributed by atoms with E-state index >= 15 is 0 Å². The number of aliphatic carboxylic acids is 1. The van der Waals surface area contributed by atoms with Crippen LogP contribution in [0.25, 0.3) is 0 Å². The van der Waals surface area contributed by atoms with E-state index < -0.39 is 5.97 Å². The Morgan fingerprint density at radius 3 is 2.74 bits per heavy atom. The standard InChI is InChI=1S/C22H32N2O3/c1-22(2)17-12-15(8-6-4-5-7-9-19(25)26)20(18(22)13-17)23-21(27)16-10-11-24(3)14-16/h4,6,10-11,14-15,17-18,20H,5,7-9,12-13H2,1-3H3,(H,23,27)(H,25,26)/b6-4-/t15-,17-,18-,20+/m0/s1. The van der Waals surface area contributed by atoms with Crippen LogP contribution in [0.3, 0.4) is 0 Å². The van der Waals surface area contributed by atoms with Crippen LogP contribution in [0.2, 0.25) is 0 Å². The average Bonchev–Trinajstić information content (AvgIpc) is 3.04. The number of unbranched alkanes of at least 4 members (excludes halogenated alkanes) is 1. The van der Waals surface area contributed by atoms with E-state index in [0.717, 1.165) is 30.7 Å². The lowest BCUT2D eigenvalue weighted by Gasteiger charge is -2.62. The molecule has 3 aliphatic carbocycles. The molecule has 0 aromatic carbocycles. The molecule has 0 unspecified atom stereocenters. The van der Waals surface area contributed by atoms with Crippen molar-refractivity contribution >= 4 is 11.9 Å². The molecule has 0 aliphatic heterocycles. The number of nitrogens with zero attached hydrogens (tertiary/aromatic N) is 1. The van der Waals surface area contributed by atoms with Crippen LogP contribution in [0.4, 0.5) is 0 Å². The van der Waals surface area contributed by atoms with Crippen molar-refractivity contribution in [3.05, 3.63) is 36.2 Å². The third-order valence-corrected chi connectivity index (χ3v) is 6.83. The number of hydrogen-bond acceptors (Lipinski definition) is 2. The molecule has 3 saturated carbocycles. The maximum Gasteiger partial charge on any atom is 0.303 e. The molecule has 5 nitrogen and oxygen atoms in total. The number of aromatic nitrogens is 1. The number of carbonyl (C=O) groups excluding carboxylic acids is 1. The van der Waals surface area contributed by atoms with Gasteiger partial charge in [-0.2, -0.15) is 0 Å². The summed E-state index contributed by atoms with van der Waals surface area (Å²) in [5, 5.41) is 12.1. The molecule has 2 bridgehead atoms. The Labute approximate surface area is 161 Å². The Kier molecular flexibility index (Phi) is 5.78. The van der Waals surface area contributed by atoms with Crippen molar-refractivity contribution in [1.29, 1.82) is 0 Å². The number of hydrogen-bond donors (Lipinski definition) is 2. The fourth-order valence-electron chi connectivity index (χ4n) is 5.00. The van der Waals surface area contributed by atoms with Crippen molar-refractivity contribution in [3.63, 3.8) is 0 Å². The van der Waals surface area contributed by atoms with E-state index in [2.05, 4.69) is 31.3 Å². The van der Waals surface area contributed by atoms with Crippen LogP contribution < -0.4 is 5.32 Å². The smallest absolute Gasteiger partial charge is 0.303 e. The van der Waals surface area contributed by atoms with Gasteiger partial charge in [0.05, 0.1) is 5.56 Å². The van der Waals surface area contributed by atoms with Gasteiger partial charge in [-0.25, -0.2) is 0 Å². The minimum Gasteiger partial charge on any atom is -0.481 e. The summed E-state index contributed by atoms with van der Waals surface area (Å²) in [6.45, 7) is 4.68. The number of nitrogens with one attached hydrogen (secondary N) is 1. The summed E-state index contributed by atoms with van der Waals surface area (Å²) < 4.78 is 1.90. The lowest BCUT2D eigenvalue weighted by molar-refractivity contribution is -0.137. The number of amides is 1. The molecule has 5 heteroatoms. The van der Waals surface area contributed by atoms with E-state index in [1.54, 1.807) is 0 Å². The van der Waals surface area contributed by atoms with Crippen LogP contribution in [0, 0.1) is 23.2 Å². The van der Waals surface area contributed by atoms with Crippen LogP contribution in [-0.2, 0) is 11.8 Å². The van der Waals surface area contributed by atoms with Gasteiger partial charge in [-0.05, 0) is 61.3 Å². The van der Waals surface area contributed by atoms with Crippen LogP contribution in [0.5, 0.6) is 0 Å². The predicted molar refractivity (Wildman–Crippen MR) is 105 cm³/mol. The quantitative estimate of drug-likeness (QED) is 0.535. The van der Waals surface area contributed by atoms with Gasteiger partial charge >= 0.3 is 5.97 Å². The van der Waals surface area contributed by atoms with Crippen molar-refractivity contribution in [2.24, 2.45) is 30.2 Å². The van der Waals surface area contributed by atoms with Crippen LogP contribution >= 0.6 is 0 Å². The molecule has 1 aromatic rings. The largest absolute Gasteiger partial charge is 0.481 e. The number of fused-ring (bicyclic) bond motifs is 2. The summed E-state index contributed by atoms with van der Waals surface area (Å²) in [5.74, 6) is 1.04. The highest BCUT2D eigenvalue weighted by atomic mass is 16.4. The van der Waals surface area contributed by atoms with Crippen LogP contribution in [-0.4, -0.2) is 27.6 Å². The second-order valence-electron chi connectivity index (χ2n) is 8.91. The molecule has 0 spiro atoms. The average molecular weight is 373 g/mol. The Bertz CT molecular complexity index is 719. The van der Waals surface area contributed by atoms with E-state index in [1.165, 1.54) is 6.42 Å². The first kappa shape index (κ1) is 19.7. The first-order valence-electron chi connectivity index (χ1n) is 10.1. The molecule has 0 saturated heterocycles. The Morgan fingerprint density at radius 1 is 1.33 bits per heavy atom. The SMILES string of the molecule is Cn1ccc(C(=O)N[C@@H]2[C@@H](C/C=C\CCCC(=O)O)C[C@H]3C[C@@H]2C3(C)C)c1. The number of carbonyl (C=O) groups is 2. The van der Waals surface area contributed by atoms with Gasteiger partial charge in [-0.3, -0.25) is 9.59 Å². The second kappa shape index (κ2) is 7.91. The maximum atomic E-state index is 12.7. The zero-order chi connectivity index (χ0) is 19.6. The normalized spacial score (nSPS) is 28.7. The molecule has 1 amide bonds. The summed E-state index contributed by atoms with van der Waals surface area (Å²) in [6.07, 6.45) is 13.1. The first-order valence-corrected chi connectivity index (χ1v) is 10.1. The molecule has 3 aliphatic rings. The van der Waals surface area contributed by atoms with E-state index in [1.807, 2.05) is 30.1 Å². The number of carboxylic acid groups (broad SMARTS) is 1. The second-order valence-corrected chi connectivity index (χ2v) is 8.91. The van der Waals surface area contributed by atoms with Gasteiger partial charge in [0.15, 0.2) is 0 Å². The van der Waals surface area contributed by atoms with Gasteiger partial charge in [-0.15, -0.1) is 0 Å². The molecule has 27 heavy (non-hydrogen) atoms. The lowest BCUT2D eigenvalue weighted by atomic mass is 9.44. The molecule has 0 radical (unpaired) electrons. The monoisotopic (exact) mass is 372 g/mol. The molecular formula is C22H32N2O3. The summed E-state index contributed by atoms with van der Waals surface area (Å²) in [5.41, 5.74) is 1.02. The van der Waals surface area contributed by atoms with Gasteiger partial charge in [-0.1, -0.05) is 26.0 Å². The van der Waals surface area contributed by atoms with Crippen molar-refractivity contribution in [2.75, 3.05) is 0 Å². The third-order valence-electron chi connectivity index (χ3n) is 6.83. The molecule has 4 atom stereocenters. The predicted octanol–water partition coefficient (Wildman–Crippen LogP) is 4.01. The summed E-state index contributed by atoms with van der Waals surface area (Å²) >= 11 is 0. The molecule has 3 fully saturated rings. The van der Waals surface area contributed by atoms with Crippen molar-refractivity contribution in [3.8, 4) is 0 Å². The minimum absolute atomic E-state index is 0.0252. The van der Waals surface area contributed by atoms with Crippen molar-refractivity contribution in [2.45, 2.75) is 58.4 Å². The summed E-state index contributed by atoms with van der Waals surface area (Å²) in [7, 11) is 1.93. The Hall–Kier alpha value is -2.04. The van der Waals surface area contributed by atoms with Crippen molar-refractivity contribution < 1.29 is 14.7 Å². The zero-order valence-corrected chi connectivity index (χ0v) is 16.6.